The highest BCUT2D eigenvalue weighted by Crippen LogP contribution is 2.27. The zero-order valence-electron chi connectivity index (χ0n) is 15.2. The Hall–Kier alpha value is -2.81. The summed E-state index contributed by atoms with van der Waals surface area (Å²) in [5.74, 6) is -0.538. The van der Waals surface area contributed by atoms with Crippen molar-refractivity contribution < 1.29 is 23.6 Å². The Bertz CT molecular complexity index is 834. The van der Waals surface area contributed by atoms with Gasteiger partial charge in [0.25, 0.3) is 5.91 Å². The number of thioether (sulfide) groups is 1. The maximum absolute atomic E-state index is 12.6. The van der Waals surface area contributed by atoms with Crippen molar-refractivity contribution in [3.8, 4) is 0 Å². The van der Waals surface area contributed by atoms with Crippen molar-refractivity contribution in [3.63, 3.8) is 0 Å². The number of nitrogens with zero attached hydrogens (tertiary/aromatic N) is 1. The fourth-order valence-electron chi connectivity index (χ4n) is 2.26. The largest absolute Gasteiger partial charge is 0.448 e. The van der Waals surface area contributed by atoms with Gasteiger partial charge in [-0.25, -0.2) is 9.59 Å². The van der Waals surface area contributed by atoms with Crippen molar-refractivity contribution in [2.24, 2.45) is 11.7 Å². The number of benzene rings is 1. The molecule has 1 aromatic heterocycles. The van der Waals surface area contributed by atoms with Gasteiger partial charge < -0.3 is 15.0 Å². The van der Waals surface area contributed by atoms with Crippen molar-refractivity contribution in [2.75, 3.05) is 0 Å². The van der Waals surface area contributed by atoms with E-state index in [9.17, 15) is 14.4 Å². The highest BCUT2D eigenvalue weighted by Gasteiger charge is 2.28. The number of hydrogen-bond donors (Lipinski definition) is 2. The number of rotatable bonds is 7. The number of aryl methyl sites for hydroxylation is 1. The summed E-state index contributed by atoms with van der Waals surface area (Å²) in [5, 5.41) is 5.86. The third-order valence-corrected chi connectivity index (χ3v) is 4.61. The second-order valence-corrected chi connectivity index (χ2v) is 7.15. The van der Waals surface area contributed by atoms with E-state index < -0.39 is 24.0 Å². The topological polar surface area (TPSA) is 125 Å². The van der Waals surface area contributed by atoms with Gasteiger partial charge in [-0.1, -0.05) is 31.1 Å². The second-order valence-electron chi connectivity index (χ2n) is 6.14. The molecule has 3 amide bonds. The molecule has 3 N–H and O–H groups in total. The van der Waals surface area contributed by atoms with Gasteiger partial charge in [0.15, 0.2) is 6.10 Å². The van der Waals surface area contributed by atoms with Crippen LogP contribution in [0.3, 0.4) is 0 Å². The molecule has 0 saturated carbocycles. The van der Waals surface area contributed by atoms with Crippen LogP contribution in [0.25, 0.3) is 0 Å². The molecule has 27 heavy (non-hydrogen) atoms. The number of aromatic nitrogens is 1. The molecule has 2 rings (SSSR count). The SMILES string of the molecule is Cc1cc(CSc2ccccc2C(=O)O[C@@H](C(=O)NC(N)=O)C(C)C)no1. The highest BCUT2D eigenvalue weighted by atomic mass is 32.2. The number of nitrogens with two attached hydrogens (primary N) is 1. The van der Waals surface area contributed by atoms with E-state index in [0.717, 1.165) is 5.69 Å². The number of esters is 1. The molecule has 2 aromatic rings. The number of urea groups is 1. The first kappa shape index (κ1) is 20.5. The molecule has 0 fully saturated rings. The van der Waals surface area contributed by atoms with Crippen molar-refractivity contribution >= 4 is 29.7 Å². The number of amides is 3. The number of carbonyl (C=O) groups excluding carboxylic acids is 3. The molecule has 0 aliphatic carbocycles. The summed E-state index contributed by atoms with van der Waals surface area (Å²) in [6, 6.07) is 7.71. The predicted octanol–water partition coefficient (Wildman–Crippen LogP) is 2.65. The third-order valence-electron chi connectivity index (χ3n) is 3.50. The lowest BCUT2D eigenvalue weighted by Crippen LogP contribution is -2.45. The van der Waals surface area contributed by atoms with Crippen LogP contribution in [0.4, 0.5) is 4.79 Å². The minimum absolute atomic E-state index is 0.320. The van der Waals surface area contributed by atoms with E-state index in [-0.39, 0.29) is 5.92 Å². The van der Waals surface area contributed by atoms with Gasteiger partial charge in [0.05, 0.1) is 11.3 Å². The lowest BCUT2D eigenvalue weighted by Gasteiger charge is -2.20. The van der Waals surface area contributed by atoms with Gasteiger partial charge in [-0.05, 0) is 25.0 Å². The van der Waals surface area contributed by atoms with E-state index in [1.165, 1.54) is 11.8 Å². The normalized spacial score (nSPS) is 11.9. The molecule has 0 aliphatic heterocycles. The number of imide groups is 1. The van der Waals surface area contributed by atoms with E-state index in [2.05, 4.69) is 5.16 Å². The summed E-state index contributed by atoms with van der Waals surface area (Å²) < 4.78 is 10.4. The number of nitrogens with one attached hydrogen (secondary N) is 1. The molecule has 144 valence electrons. The summed E-state index contributed by atoms with van der Waals surface area (Å²) in [7, 11) is 0. The molecule has 0 aliphatic rings. The van der Waals surface area contributed by atoms with Crippen LogP contribution in [0.1, 0.15) is 35.7 Å². The van der Waals surface area contributed by atoms with E-state index in [4.69, 9.17) is 15.0 Å². The van der Waals surface area contributed by atoms with Crippen LogP contribution in [0, 0.1) is 12.8 Å². The van der Waals surface area contributed by atoms with Gasteiger partial charge in [-0.3, -0.25) is 10.1 Å². The molecule has 0 unspecified atom stereocenters. The Morgan fingerprint density at radius 1 is 1.30 bits per heavy atom. The summed E-state index contributed by atoms with van der Waals surface area (Å²) in [6.45, 7) is 5.20. The van der Waals surface area contributed by atoms with Crippen LogP contribution in [0.5, 0.6) is 0 Å². The van der Waals surface area contributed by atoms with Crippen LogP contribution >= 0.6 is 11.8 Å². The molecule has 0 spiro atoms. The molecule has 0 bridgehead atoms. The summed E-state index contributed by atoms with van der Waals surface area (Å²) in [6.07, 6.45) is -1.14. The van der Waals surface area contributed by atoms with E-state index >= 15 is 0 Å². The number of carbonyl (C=O) groups is 3. The number of primary amides is 1. The highest BCUT2D eigenvalue weighted by molar-refractivity contribution is 7.98. The maximum Gasteiger partial charge on any atom is 0.340 e. The van der Waals surface area contributed by atoms with Gasteiger partial charge in [0.1, 0.15) is 5.76 Å². The number of ether oxygens (including phenoxy) is 1. The van der Waals surface area contributed by atoms with Crippen molar-refractivity contribution in [3.05, 3.63) is 47.3 Å². The van der Waals surface area contributed by atoms with Crippen molar-refractivity contribution in [1.29, 1.82) is 0 Å². The molecular weight excluding hydrogens is 370 g/mol. The van der Waals surface area contributed by atoms with Gasteiger partial charge >= 0.3 is 12.0 Å². The maximum atomic E-state index is 12.6. The fourth-order valence-corrected chi connectivity index (χ4v) is 3.18. The summed E-state index contributed by atoms with van der Waals surface area (Å²) in [5.41, 5.74) is 6.04. The molecule has 1 aromatic carbocycles. The second kappa shape index (κ2) is 9.22. The molecule has 8 nitrogen and oxygen atoms in total. The predicted molar refractivity (Wildman–Crippen MR) is 99.0 cm³/mol. The molecule has 1 atom stereocenters. The Balaban J connectivity index is 2.12. The van der Waals surface area contributed by atoms with E-state index in [0.29, 0.717) is 22.0 Å². The first-order valence-electron chi connectivity index (χ1n) is 8.23. The third kappa shape index (κ3) is 5.85. The Kier molecular flexibility index (Phi) is 7.00. The summed E-state index contributed by atoms with van der Waals surface area (Å²) >= 11 is 1.40. The quantitative estimate of drug-likeness (QED) is 0.549. The van der Waals surface area contributed by atoms with Crippen molar-refractivity contribution in [2.45, 2.75) is 37.5 Å². The Labute approximate surface area is 160 Å². The standard InChI is InChI=1S/C18H21N3O5S/c1-10(2)15(16(22)20-18(19)24)25-17(23)13-6-4-5-7-14(13)27-9-12-8-11(3)26-21-12/h4-8,10,15H,9H2,1-3H3,(H3,19,20,22,24)/t15-/m1/s1. The molecule has 0 radical (unpaired) electrons. The van der Waals surface area contributed by atoms with Crippen LogP contribution in [0.15, 0.2) is 39.8 Å². The van der Waals surface area contributed by atoms with Gasteiger partial charge in [0.2, 0.25) is 0 Å². The summed E-state index contributed by atoms with van der Waals surface area (Å²) in [4.78, 5) is 36.2. The number of hydrogen-bond acceptors (Lipinski definition) is 7. The van der Waals surface area contributed by atoms with Gasteiger partial charge in [-0.2, -0.15) is 0 Å². The average molecular weight is 391 g/mol. The van der Waals surface area contributed by atoms with Gasteiger partial charge in [0, 0.05) is 16.7 Å². The minimum Gasteiger partial charge on any atom is -0.448 e. The van der Waals surface area contributed by atoms with Crippen molar-refractivity contribution in [1.82, 2.24) is 10.5 Å². The van der Waals surface area contributed by atoms with Crippen LogP contribution in [0.2, 0.25) is 0 Å². The average Bonchev–Trinajstić information content (AvgIpc) is 3.02. The van der Waals surface area contributed by atoms with Crippen LogP contribution < -0.4 is 11.1 Å². The fraction of sp³-hybridized carbons (Fsp3) is 0.333. The smallest absolute Gasteiger partial charge is 0.340 e. The van der Waals surface area contributed by atoms with E-state index in [1.807, 2.05) is 11.4 Å². The molecule has 9 heteroatoms. The lowest BCUT2D eigenvalue weighted by molar-refractivity contribution is -0.130. The molecule has 1 heterocycles. The Morgan fingerprint density at radius 3 is 2.59 bits per heavy atom. The van der Waals surface area contributed by atoms with Gasteiger partial charge in [-0.15, -0.1) is 11.8 Å². The monoisotopic (exact) mass is 391 g/mol. The first-order valence-corrected chi connectivity index (χ1v) is 9.21. The van der Waals surface area contributed by atoms with Crippen LogP contribution in [-0.4, -0.2) is 29.2 Å². The zero-order valence-corrected chi connectivity index (χ0v) is 16.0. The molecule has 0 saturated heterocycles. The lowest BCUT2D eigenvalue weighted by atomic mass is 10.1. The zero-order chi connectivity index (χ0) is 20.0. The Morgan fingerprint density at radius 2 is 2.00 bits per heavy atom. The molecular formula is C18H21N3O5S. The van der Waals surface area contributed by atoms with E-state index in [1.54, 1.807) is 45.0 Å². The first-order chi connectivity index (χ1) is 12.8. The minimum atomic E-state index is -1.14. The van der Waals surface area contributed by atoms with Crippen LogP contribution in [-0.2, 0) is 15.3 Å².